The number of benzene rings is 2. The largest absolute Gasteiger partial charge is 0.497 e. The monoisotopic (exact) mass is 374 g/mol. The number of hydrogen-bond acceptors (Lipinski definition) is 6. The minimum absolute atomic E-state index is 0.0223. The van der Waals surface area contributed by atoms with Crippen molar-refractivity contribution in [3.05, 3.63) is 59.1 Å². The van der Waals surface area contributed by atoms with Crippen molar-refractivity contribution in [1.82, 2.24) is 10.2 Å². The van der Waals surface area contributed by atoms with E-state index in [4.69, 9.17) is 20.8 Å². The van der Waals surface area contributed by atoms with E-state index in [1.54, 1.807) is 38.3 Å². The zero-order chi connectivity index (χ0) is 17.8. The summed E-state index contributed by atoms with van der Waals surface area (Å²) < 4.78 is 10.8. The fraction of sp³-hybridized carbons (Fsp3) is 0.167. The van der Waals surface area contributed by atoms with Gasteiger partial charge >= 0.3 is 0 Å². The summed E-state index contributed by atoms with van der Waals surface area (Å²) in [6.07, 6.45) is 0. The summed E-state index contributed by atoms with van der Waals surface area (Å²) in [7, 11) is 1.61. The fourth-order valence-corrected chi connectivity index (χ4v) is 3.05. The molecule has 2 aromatic carbocycles. The molecule has 5 nitrogen and oxygen atoms in total. The minimum Gasteiger partial charge on any atom is -0.497 e. The van der Waals surface area contributed by atoms with Gasteiger partial charge in [-0.3, -0.25) is 4.79 Å². The van der Waals surface area contributed by atoms with Crippen LogP contribution in [0.1, 0.15) is 17.3 Å². The second kappa shape index (κ2) is 7.72. The van der Waals surface area contributed by atoms with E-state index >= 15 is 0 Å². The average molecular weight is 375 g/mol. The molecule has 7 heteroatoms. The molecule has 1 heterocycles. The third-order valence-electron chi connectivity index (χ3n) is 3.52. The van der Waals surface area contributed by atoms with Gasteiger partial charge < -0.3 is 9.15 Å². The van der Waals surface area contributed by atoms with Crippen molar-refractivity contribution in [3.8, 4) is 17.2 Å². The second-order valence-corrected chi connectivity index (χ2v) is 6.96. The molecule has 3 aromatic rings. The maximum absolute atomic E-state index is 12.4. The molecule has 3 rings (SSSR count). The predicted molar refractivity (Wildman–Crippen MR) is 97.4 cm³/mol. The number of thioether (sulfide) groups is 1. The lowest BCUT2D eigenvalue weighted by molar-refractivity contribution is 0.0993. The number of Topliss-reactive ketones (excluding diaryl/α,β-unsaturated/α-hetero) is 1. The molecule has 0 fully saturated rings. The third kappa shape index (κ3) is 4.21. The molecule has 1 aromatic heterocycles. The summed E-state index contributed by atoms with van der Waals surface area (Å²) in [5.74, 6) is 1.13. The molecule has 0 aliphatic carbocycles. The maximum Gasteiger partial charge on any atom is 0.277 e. The number of aromatic nitrogens is 2. The van der Waals surface area contributed by atoms with Crippen molar-refractivity contribution in [3.63, 3.8) is 0 Å². The lowest BCUT2D eigenvalue weighted by atomic mass is 10.1. The Bertz CT molecular complexity index is 863. The van der Waals surface area contributed by atoms with Crippen LogP contribution in [0.5, 0.6) is 5.75 Å². The summed E-state index contributed by atoms with van der Waals surface area (Å²) in [5, 5.41) is 8.63. The number of carbonyl (C=O) groups is 1. The number of rotatable bonds is 6. The molecular weight excluding hydrogens is 360 g/mol. The molecule has 128 valence electrons. The Labute approximate surface area is 154 Å². The quantitative estimate of drug-likeness (QED) is 0.457. The van der Waals surface area contributed by atoms with Crippen molar-refractivity contribution < 1.29 is 13.9 Å². The van der Waals surface area contributed by atoms with Crippen molar-refractivity contribution >= 4 is 29.1 Å². The molecule has 0 aliphatic heterocycles. The highest BCUT2D eigenvalue weighted by molar-refractivity contribution is 8.00. The van der Waals surface area contributed by atoms with E-state index in [2.05, 4.69) is 10.2 Å². The van der Waals surface area contributed by atoms with E-state index in [-0.39, 0.29) is 11.0 Å². The molecule has 0 radical (unpaired) electrons. The molecule has 0 N–H and O–H groups in total. The number of halogens is 1. The van der Waals surface area contributed by atoms with Crippen LogP contribution in [-0.4, -0.2) is 28.3 Å². The predicted octanol–water partition coefficient (Wildman–Crippen LogP) is 4.76. The van der Waals surface area contributed by atoms with Crippen LogP contribution in [0, 0.1) is 0 Å². The van der Waals surface area contributed by atoms with E-state index in [9.17, 15) is 4.79 Å². The van der Waals surface area contributed by atoms with Crippen LogP contribution < -0.4 is 4.74 Å². The van der Waals surface area contributed by atoms with Gasteiger partial charge in [-0.1, -0.05) is 23.4 Å². The van der Waals surface area contributed by atoms with Crippen molar-refractivity contribution in [1.29, 1.82) is 0 Å². The van der Waals surface area contributed by atoms with Gasteiger partial charge in [0.1, 0.15) is 5.75 Å². The van der Waals surface area contributed by atoms with Crippen LogP contribution >= 0.6 is 23.4 Å². The van der Waals surface area contributed by atoms with E-state index in [1.807, 2.05) is 24.3 Å². The Morgan fingerprint density at radius 2 is 1.80 bits per heavy atom. The molecule has 0 saturated heterocycles. The average Bonchev–Trinajstić information content (AvgIpc) is 3.10. The normalized spacial score (nSPS) is 12.0. The topological polar surface area (TPSA) is 65.2 Å². The molecule has 0 aliphatic rings. The van der Waals surface area contributed by atoms with Crippen LogP contribution in [0.25, 0.3) is 11.5 Å². The molecule has 0 bridgehead atoms. The fourth-order valence-electron chi connectivity index (χ4n) is 2.16. The molecule has 25 heavy (non-hydrogen) atoms. The van der Waals surface area contributed by atoms with Gasteiger partial charge in [0.05, 0.1) is 12.4 Å². The van der Waals surface area contributed by atoms with Gasteiger partial charge in [0.25, 0.3) is 5.22 Å². The molecule has 0 saturated carbocycles. The second-order valence-electron chi connectivity index (χ2n) is 5.23. The lowest BCUT2D eigenvalue weighted by Gasteiger charge is -2.07. The Balaban J connectivity index is 1.69. The van der Waals surface area contributed by atoms with Gasteiger partial charge in [-0.25, -0.2) is 0 Å². The third-order valence-corrected chi connectivity index (χ3v) is 4.71. The first-order valence-electron chi connectivity index (χ1n) is 7.51. The summed E-state index contributed by atoms with van der Waals surface area (Å²) in [4.78, 5) is 12.4. The van der Waals surface area contributed by atoms with Crippen LogP contribution in [0.4, 0.5) is 0 Å². The standard InChI is InChI=1S/C18H15ClN2O3S/c1-11(16(22)12-3-7-14(19)8-4-12)25-18-21-20-17(24-18)13-5-9-15(23-2)10-6-13/h3-11H,1-2H3/t11-/m0/s1. The number of carbonyl (C=O) groups excluding carboxylic acids is 1. The zero-order valence-electron chi connectivity index (χ0n) is 13.6. The summed E-state index contributed by atoms with van der Waals surface area (Å²) in [5.41, 5.74) is 1.39. The van der Waals surface area contributed by atoms with Crippen molar-refractivity contribution in [2.45, 2.75) is 17.4 Å². The molecule has 0 unspecified atom stereocenters. The smallest absolute Gasteiger partial charge is 0.277 e. The van der Waals surface area contributed by atoms with Crippen LogP contribution in [-0.2, 0) is 0 Å². The first kappa shape index (κ1) is 17.5. The number of ketones is 1. The van der Waals surface area contributed by atoms with Crippen molar-refractivity contribution in [2.24, 2.45) is 0 Å². The van der Waals surface area contributed by atoms with Gasteiger partial charge in [-0.05, 0) is 55.5 Å². The van der Waals surface area contributed by atoms with E-state index in [0.717, 1.165) is 11.3 Å². The molecule has 1 atom stereocenters. The lowest BCUT2D eigenvalue weighted by Crippen LogP contribution is -2.13. The maximum atomic E-state index is 12.4. The Morgan fingerprint density at radius 1 is 1.12 bits per heavy atom. The SMILES string of the molecule is COc1ccc(-c2nnc(S[C@@H](C)C(=O)c3ccc(Cl)cc3)o2)cc1. The summed E-state index contributed by atoms with van der Waals surface area (Å²) in [6.45, 7) is 1.80. The Hall–Kier alpha value is -2.31. The highest BCUT2D eigenvalue weighted by Crippen LogP contribution is 2.28. The molecule has 0 amide bonds. The van der Waals surface area contributed by atoms with Gasteiger partial charge in [0.15, 0.2) is 5.78 Å². The molecular formula is C18H15ClN2O3S. The van der Waals surface area contributed by atoms with E-state index < -0.39 is 0 Å². The van der Waals surface area contributed by atoms with Crippen molar-refractivity contribution in [2.75, 3.05) is 7.11 Å². The van der Waals surface area contributed by atoms with Crippen LogP contribution in [0.2, 0.25) is 5.02 Å². The van der Waals surface area contributed by atoms with E-state index in [0.29, 0.717) is 21.7 Å². The zero-order valence-corrected chi connectivity index (χ0v) is 15.2. The number of nitrogens with zero attached hydrogens (tertiary/aromatic N) is 2. The first-order chi connectivity index (χ1) is 12.1. The first-order valence-corrected chi connectivity index (χ1v) is 8.77. The highest BCUT2D eigenvalue weighted by Gasteiger charge is 2.20. The summed E-state index contributed by atoms with van der Waals surface area (Å²) in [6, 6.07) is 14.1. The summed E-state index contributed by atoms with van der Waals surface area (Å²) >= 11 is 7.07. The van der Waals surface area contributed by atoms with Crippen LogP contribution in [0.15, 0.2) is 58.2 Å². The van der Waals surface area contributed by atoms with Gasteiger partial charge in [-0.15, -0.1) is 10.2 Å². The van der Waals surface area contributed by atoms with Gasteiger partial charge in [-0.2, -0.15) is 0 Å². The Kier molecular flexibility index (Phi) is 5.40. The van der Waals surface area contributed by atoms with Crippen LogP contribution in [0.3, 0.4) is 0 Å². The van der Waals surface area contributed by atoms with E-state index in [1.165, 1.54) is 11.8 Å². The molecule has 0 spiro atoms. The van der Waals surface area contributed by atoms with Gasteiger partial charge in [0.2, 0.25) is 5.89 Å². The number of methoxy groups -OCH3 is 1. The number of ether oxygens (including phenoxy) is 1. The van der Waals surface area contributed by atoms with Gasteiger partial charge in [0, 0.05) is 16.1 Å². The highest BCUT2D eigenvalue weighted by atomic mass is 35.5. The minimum atomic E-state index is -0.356. The number of hydrogen-bond donors (Lipinski definition) is 0. The Morgan fingerprint density at radius 3 is 2.44 bits per heavy atom.